The second-order valence-electron chi connectivity index (χ2n) is 8.40. The van der Waals surface area contributed by atoms with Gasteiger partial charge < -0.3 is 9.15 Å². The Balaban J connectivity index is 1.45. The van der Waals surface area contributed by atoms with Crippen LogP contribution in [-0.2, 0) is 19.6 Å². The number of sulfonamides is 1. The molecule has 0 unspecified atom stereocenters. The van der Waals surface area contributed by atoms with Gasteiger partial charge in [0.1, 0.15) is 18.1 Å². The van der Waals surface area contributed by atoms with Crippen molar-refractivity contribution in [2.45, 2.75) is 18.7 Å². The maximum Gasteiger partial charge on any atom is 0.338 e. The number of amides is 1. The van der Waals surface area contributed by atoms with Crippen LogP contribution in [-0.4, -0.2) is 39.7 Å². The largest absolute Gasteiger partial charge is 0.462 e. The van der Waals surface area contributed by atoms with Crippen molar-refractivity contribution in [2.75, 3.05) is 17.5 Å². The van der Waals surface area contributed by atoms with Crippen molar-refractivity contribution < 1.29 is 27.2 Å². The molecule has 1 heterocycles. The monoisotopic (exact) mass is 545 g/mol. The zero-order valence-corrected chi connectivity index (χ0v) is 22.2. The molecule has 4 rings (SSSR count). The number of rotatable bonds is 10. The Kier molecular flexibility index (Phi) is 8.57. The maximum atomic E-state index is 13.4. The third kappa shape index (κ3) is 6.60. The molecule has 0 radical (unpaired) electrons. The van der Waals surface area contributed by atoms with Crippen LogP contribution >= 0.6 is 0 Å². The Labute approximate surface area is 226 Å². The number of carbonyl (C=O) groups excluding carboxylic acids is 2. The summed E-state index contributed by atoms with van der Waals surface area (Å²) in [6.07, 6.45) is 1.32. The van der Waals surface area contributed by atoms with Gasteiger partial charge in [-0.1, -0.05) is 48.5 Å². The number of hydrogen-bond donors (Lipinski definition) is 1. The first kappa shape index (κ1) is 27.3. The lowest BCUT2D eigenvalue weighted by Gasteiger charge is -2.25. The van der Waals surface area contributed by atoms with E-state index in [-0.39, 0.29) is 4.90 Å². The summed E-state index contributed by atoms with van der Waals surface area (Å²) in [7, 11) is -4.01. The van der Waals surface area contributed by atoms with Crippen LogP contribution in [0.15, 0.2) is 105 Å². The quantitative estimate of drug-likeness (QED) is 0.174. The molecule has 3 aromatic carbocycles. The van der Waals surface area contributed by atoms with Crippen LogP contribution in [0.3, 0.4) is 0 Å². The van der Waals surface area contributed by atoms with E-state index in [4.69, 9.17) is 9.15 Å². The Morgan fingerprint density at radius 2 is 1.64 bits per heavy atom. The average Bonchev–Trinajstić information content (AvgIpc) is 3.42. The third-order valence-electron chi connectivity index (χ3n) is 5.69. The molecule has 1 amide bonds. The van der Waals surface area contributed by atoms with Crippen molar-refractivity contribution in [1.29, 1.82) is 0 Å². The fourth-order valence-corrected chi connectivity index (χ4v) is 5.27. The number of benzene rings is 3. The molecule has 4 aromatic rings. The van der Waals surface area contributed by atoms with E-state index < -0.39 is 28.4 Å². The first-order valence-corrected chi connectivity index (χ1v) is 13.6. The van der Waals surface area contributed by atoms with Crippen molar-refractivity contribution >= 4 is 33.8 Å². The van der Waals surface area contributed by atoms with Gasteiger partial charge >= 0.3 is 5.97 Å². The molecule has 1 N–H and O–H groups in total. The fourth-order valence-electron chi connectivity index (χ4n) is 3.76. The van der Waals surface area contributed by atoms with Gasteiger partial charge in [0.05, 0.1) is 29.0 Å². The molecule has 200 valence electrons. The first-order valence-electron chi connectivity index (χ1n) is 12.1. The van der Waals surface area contributed by atoms with E-state index in [1.807, 2.05) is 0 Å². The predicted octanol–water partition coefficient (Wildman–Crippen LogP) is 4.78. The molecule has 0 saturated heterocycles. The highest BCUT2D eigenvalue weighted by Gasteiger charge is 2.28. The second-order valence-corrected chi connectivity index (χ2v) is 10.3. The van der Waals surface area contributed by atoms with Gasteiger partial charge in [-0.05, 0) is 61.9 Å². The Morgan fingerprint density at radius 1 is 0.949 bits per heavy atom. The van der Waals surface area contributed by atoms with Crippen LogP contribution in [0.25, 0.3) is 11.3 Å². The number of aryl methyl sites for hydroxylation is 1. The topological polar surface area (TPSA) is 118 Å². The van der Waals surface area contributed by atoms with E-state index in [0.29, 0.717) is 34.9 Å². The summed E-state index contributed by atoms with van der Waals surface area (Å²) >= 11 is 0. The van der Waals surface area contributed by atoms with E-state index >= 15 is 0 Å². The molecular weight excluding hydrogens is 518 g/mol. The number of hydrazone groups is 1. The molecule has 9 nitrogen and oxygen atoms in total. The molecule has 0 aliphatic rings. The zero-order valence-electron chi connectivity index (χ0n) is 21.4. The van der Waals surface area contributed by atoms with Crippen LogP contribution < -0.4 is 9.73 Å². The van der Waals surface area contributed by atoms with Gasteiger partial charge in [-0.2, -0.15) is 5.10 Å². The number of carbonyl (C=O) groups is 2. The number of esters is 1. The zero-order chi connectivity index (χ0) is 27.8. The van der Waals surface area contributed by atoms with Crippen LogP contribution in [0, 0.1) is 6.92 Å². The Bertz CT molecular complexity index is 1580. The van der Waals surface area contributed by atoms with Gasteiger partial charge in [-0.15, -0.1) is 0 Å². The van der Waals surface area contributed by atoms with E-state index in [0.717, 1.165) is 9.87 Å². The molecule has 0 spiro atoms. The van der Waals surface area contributed by atoms with Gasteiger partial charge in [0.25, 0.3) is 15.9 Å². The van der Waals surface area contributed by atoms with Gasteiger partial charge in [0, 0.05) is 5.56 Å². The van der Waals surface area contributed by atoms with Crippen molar-refractivity contribution in [2.24, 2.45) is 5.10 Å². The summed E-state index contributed by atoms with van der Waals surface area (Å²) in [6, 6.07) is 25.0. The normalized spacial score (nSPS) is 11.3. The van der Waals surface area contributed by atoms with Gasteiger partial charge in [-0.3, -0.25) is 9.10 Å². The summed E-state index contributed by atoms with van der Waals surface area (Å²) < 4.78 is 38.6. The summed E-state index contributed by atoms with van der Waals surface area (Å²) in [5.41, 5.74) is 4.64. The van der Waals surface area contributed by atoms with Crippen molar-refractivity contribution in [3.63, 3.8) is 0 Å². The summed E-state index contributed by atoms with van der Waals surface area (Å²) in [5.74, 6) is -0.120. The SMILES string of the molecule is CCOC(=O)c1ccc(-c2ccc(/C=N\NC(=O)CN(c3ccccc3C)S(=O)(=O)c3ccccc3)o2)cc1. The highest BCUT2D eigenvalue weighted by atomic mass is 32.2. The highest BCUT2D eigenvalue weighted by Crippen LogP contribution is 2.26. The van der Waals surface area contributed by atoms with Gasteiger partial charge in [0.15, 0.2) is 0 Å². The molecule has 0 bridgehead atoms. The lowest BCUT2D eigenvalue weighted by molar-refractivity contribution is -0.119. The number of anilines is 1. The van der Waals surface area contributed by atoms with Crippen LogP contribution in [0.5, 0.6) is 0 Å². The standard InChI is InChI=1S/C29H27N3O6S/c1-3-37-29(34)23-15-13-22(14-16-23)27-18-17-24(38-27)19-30-31-28(33)20-32(26-12-8-7-9-21(26)2)39(35,36)25-10-5-4-6-11-25/h4-19H,3,20H2,1-2H3,(H,31,33)/b30-19-. The number of hydrogen-bond acceptors (Lipinski definition) is 7. The summed E-state index contributed by atoms with van der Waals surface area (Å²) in [5, 5.41) is 3.93. The molecule has 0 saturated carbocycles. The Morgan fingerprint density at radius 3 is 2.33 bits per heavy atom. The molecule has 0 aliphatic carbocycles. The summed E-state index contributed by atoms with van der Waals surface area (Å²) in [6.45, 7) is 3.34. The van der Waals surface area contributed by atoms with Crippen molar-refractivity contribution in [3.8, 4) is 11.3 Å². The molecule has 0 fully saturated rings. The minimum Gasteiger partial charge on any atom is -0.462 e. The van der Waals surface area contributed by atoms with E-state index in [1.165, 1.54) is 18.3 Å². The van der Waals surface area contributed by atoms with Crippen LogP contribution in [0.1, 0.15) is 28.6 Å². The minimum atomic E-state index is -4.01. The maximum absolute atomic E-state index is 13.4. The van der Waals surface area contributed by atoms with Crippen LogP contribution in [0.2, 0.25) is 0 Å². The number of furan rings is 1. The molecule has 10 heteroatoms. The molecule has 0 aliphatic heterocycles. The molecule has 39 heavy (non-hydrogen) atoms. The van der Waals surface area contributed by atoms with Gasteiger partial charge in [-0.25, -0.2) is 18.6 Å². The average molecular weight is 546 g/mol. The van der Waals surface area contributed by atoms with Gasteiger partial charge in [0.2, 0.25) is 0 Å². The van der Waals surface area contributed by atoms with Crippen molar-refractivity contribution in [3.05, 3.63) is 108 Å². The second kappa shape index (κ2) is 12.2. The fraction of sp³-hybridized carbons (Fsp3) is 0.138. The van der Waals surface area contributed by atoms with E-state index in [9.17, 15) is 18.0 Å². The highest BCUT2D eigenvalue weighted by molar-refractivity contribution is 7.92. The van der Waals surface area contributed by atoms with Crippen molar-refractivity contribution in [1.82, 2.24) is 5.43 Å². The van der Waals surface area contributed by atoms with Crippen LogP contribution in [0.4, 0.5) is 5.69 Å². The lowest BCUT2D eigenvalue weighted by Crippen LogP contribution is -2.40. The molecular formula is C29H27N3O6S. The number of ether oxygens (including phenoxy) is 1. The molecule has 0 atom stereocenters. The number of nitrogens with one attached hydrogen (secondary N) is 1. The van der Waals surface area contributed by atoms with E-state index in [2.05, 4.69) is 10.5 Å². The number of nitrogens with zero attached hydrogens (tertiary/aromatic N) is 2. The smallest absolute Gasteiger partial charge is 0.338 e. The summed E-state index contributed by atoms with van der Waals surface area (Å²) in [4.78, 5) is 24.7. The first-order chi connectivity index (χ1) is 18.8. The van der Waals surface area contributed by atoms with E-state index in [1.54, 1.807) is 92.7 Å². The Hall–Kier alpha value is -4.70. The molecule has 1 aromatic heterocycles. The predicted molar refractivity (Wildman–Crippen MR) is 148 cm³/mol. The number of para-hydroxylation sites is 1. The minimum absolute atomic E-state index is 0.0722. The third-order valence-corrected chi connectivity index (χ3v) is 7.46. The lowest BCUT2D eigenvalue weighted by atomic mass is 10.1.